The van der Waals surface area contributed by atoms with Crippen LogP contribution in [0.25, 0.3) is 0 Å². The number of rotatable bonds is 9. The molecule has 1 aliphatic carbocycles. The number of aromatic nitrogens is 2. The lowest BCUT2D eigenvalue weighted by atomic mass is 9.84. The summed E-state index contributed by atoms with van der Waals surface area (Å²) in [6.45, 7) is 4.13. The number of benzene rings is 1. The first-order chi connectivity index (χ1) is 18.1. The van der Waals surface area contributed by atoms with Gasteiger partial charge in [0.2, 0.25) is 5.28 Å². The molecule has 0 amide bonds. The van der Waals surface area contributed by atoms with Gasteiger partial charge in [-0.25, -0.2) is 27.5 Å². The van der Waals surface area contributed by atoms with Gasteiger partial charge in [-0.15, -0.1) is 0 Å². The second-order valence-electron chi connectivity index (χ2n) is 10.6. The molecule has 11 heteroatoms. The second kappa shape index (κ2) is 11.1. The maximum absolute atomic E-state index is 15.5. The average molecular weight is 555 g/mol. The summed E-state index contributed by atoms with van der Waals surface area (Å²) < 4.78 is 61.7. The van der Waals surface area contributed by atoms with E-state index >= 15 is 4.39 Å². The molecule has 38 heavy (non-hydrogen) atoms. The number of piperidine rings is 1. The summed E-state index contributed by atoms with van der Waals surface area (Å²) in [7, 11) is 0. The first-order valence-electron chi connectivity index (χ1n) is 13.1. The monoisotopic (exact) mass is 554 g/mol. The Morgan fingerprint density at radius 3 is 2.58 bits per heavy atom. The summed E-state index contributed by atoms with van der Waals surface area (Å²) in [6, 6.07) is 3.59. The van der Waals surface area contributed by atoms with Crippen molar-refractivity contribution >= 4 is 23.2 Å². The van der Waals surface area contributed by atoms with Crippen LogP contribution in [-0.4, -0.2) is 58.7 Å². The molecule has 1 N–H and O–H groups in total. The minimum atomic E-state index is -2.92. The molecule has 0 radical (unpaired) electrons. The molecule has 3 heterocycles. The predicted octanol–water partition coefficient (Wildman–Crippen LogP) is 5.65. The maximum Gasteiger partial charge on any atom is 0.266 e. The van der Waals surface area contributed by atoms with Gasteiger partial charge in [0, 0.05) is 43.5 Å². The smallest absolute Gasteiger partial charge is 0.266 e. The van der Waals surface area contributed by atoms with E-state index in [1.54, 1.807) is 6.92 Å². The van der Waals surface area contributed by atoms with E-state index < -0.39 is 29.5 Å². The number of likely N-dealkylation sites (tertiary alicyclic amines) is 1. The lowest BCUT2D eigenvalue weighted by Gasteiger charge is -2.43. The zero-order valence-electron chi connectivity index (χ0n) is 21.2. The van der Waals surface area contributed by atoms with Gasteiger partial charge < -0.3 is 10.1 Å². The number of carbonyl (C=O) groups is 1. The number of alkyl halides is 3. The Balaban J connectivity index is 1.20. The summed E-state index contributed by atoms with van der Waals surface area (Å²) in [5.74, 6) is -0.823. The van der Waals surface area contributed by atoms with Crippen molar-refractivity contribution in [3.05, 3.63) is 51.7 Å². The number of anilines is 1. The summed E-state index contributed by atoms with van der Waals surface area (Å²) in [5, 5.41) is 3.13. The molecule has 6 nitrogen and oxygen atoms in total. The number of Topliss-reactive ketones (excluding diaryl/α,β-unsaturated/α-hetero) is 1. The Morgan fingerprint density at radius 1 is 1.21 bits per heavy atom. The number of nitrogens with zero attached hydrogens (tertiary/aromatic N) is 3. The van der Waals surface area contributed by atoms with Crippen molar-refractivity contribution in [1.29, 1.82) is 0 Å². The largest absolute Gasteiger partial charge is 0.378 e. The van der Waals surface area contributed by atoms with E-state index in [2.05, 4.69) is 20.2 Å². The minimum Gasteiger partial charge on any atom is -0.378 e. The van der Waals surface area contributed by atoms with Gasteiger partial charge in [0.25, 0.3) is 6.43 Å². The molecule has 1 unspecified atom stereocenters. The van der Waals surface area contributed by atoms with Crippen LogP contribution >= 0.6 is 11.6 Å². The number of fused-ring (bicyclic) bond motifs is 1. The van der Waals surface area contributed by atoms with Crippen molar-refractivity contribution < 1.29 is 27.1 Å². The van der Waals surface area contributed by atoms with Crippen LogP contribution in [0.3, 0.4) is 0 Å². The summed E-state index contributed by atoms with van der Waals surface area (Å²) in [4.78, 5) is 23.7. The summed E-state index contributed by atoms with van der Waals surface area (Å²) >= 11 is 6.15. The first-order valence-corrected chi connectivity index (χ1v) is 13.4. The molecule has 1 aromatic heterocycles. The predicted molar refractivity (Wildman–Crippen MR) is 135 cm³/mol. The molecule has 2 aromatic rings. The van der Waals surface area contributed by atoms with E-state index in [1.807, 2.05) is 0 Å². The normalized spacial score (nSPS) is 22.2. The van der Waals surface area contributed by atoms with E-state index in [0.717, 1.165) is 17.3 Å². The zero-order valence-corrected chi connectivity index (χ0v) is 21.9. The van der Waals surface area contributed by atoms with Crippen molar-refractivity contribution in [2.45, 2.75) is 69.6 Å². The first kappa shape index (κ1) is 27.3. The SMILES string of the molecule is C[C@@H](Nc1nc(Cl)nc2c1CC(CCC(=O)C1(F)CCN(C3COC3)CC1)C2)c1cccc(C(F)F)c1F. The molecule has 5 rings (SSSR count). The van der Waals surface area contributed by atoms with Gasteiger partial charge in [0.1, 0.15) is 11.6 Å². The Morgan fingerprint density at radius 2 is 1.92 bits per heavy atom. The number of ketones is 1. The van der Waals surface area contributed by atoms with Crippen LogP contribution < -0.4 is 5.32 Å². The summed E-state index contributed by atoms with van der Waals surface area (Å²) in [6.07, 6.45) is -0.711. The van der Waals surface area contributed by atoms with Gasteiger partial charge in [-0.3, -0.25) is 9.69 Å². The number of nitrogens with one attached hydrogen (secondary N) is 1. The third-order valence-corrected chi connectivity index (χ3v) is 8.33. The number of halogens is 5. The van der Waals surface area contributed by atoms with Crippen LogP contribution in [0.5, 0.6) is 0 Å². The minimum absolute atomic E-state index is 0.0170. The molecule has 1 aromatic carbocycles. The molecule has 0 bridgehead atoms. The van der Waals surface area contributed by atoms with E-state index in [4.69, 9.17) is 16.3 Å². The standard InChI is InChI=1S/C27H31ClF4N4O2/c1-15(18-3-2-4-19(23(18)29)24(30)31)33-25-20-11-16(12-21(20)34-26(28)35-25)5-6-22(37)27(32)7-9-36(10-8-27)17-13-38-14-17/h2-4,15-17,24H,5-14H2,1H3,(H,33,34,35)/t15-,16?/m1/s1. The molecule has 2 saturated heterocycles. The zero-order chi connectivity index (χ0) is 27.0. The average Bonchev–Trinajstić information content (AvgIpc) is 3.25. The molecule has 206 valence electrons. The van der Waals surface area contributed by atoms with E-state index in [1.165, 1.54) is 12.1 Å². The third kappa shape index (κ3) is 5.53. The highest BCUT2D eigenvalue weighted by molar-refractivity contribution is 6.28. The Kier molecular flexibility index (Phi) is 7.94. The quantitative estimate of drug-likeness (QED) is 0.319. The van der Waals surface area contributed by atoms with Crippen LogP contribution in [0.15, 0.2) is 18.2 Å². The molecule has 3 aliphatic rings. The second-order valence-corrected chi connectivity index (χ2v) is 11.0. The van der Waals surface area contributed by atoms with Gasteiger partial charge in [-0.05, 0) is 43.7 Å². The van der Waals surface area contributed by atoms with Crippen LogP contribution in [-0.2, 0) is 22.4 Å². The molecular formula is C27H31ClF4N4O2. The van der Waals surface area contributed by atoms with Crippen LogP contribution in [0.4, 0.5) is 23.4 Å². The van der Waals surface area contributed by atoms with Crippen molar-refractivity contribution in [1.82, 2.24) is 14.9 Å². The maximum atomic E-state index is 15.5. The number of hydrogen-bond acceptors (Lipinski definition) is 6. The fourth-order valence-corrected chi connectivity index (χ4v) is 5.90. The lowest BCUT2D eigenvalue weighted by molar-refractivity contribution is -0.137. The molecule has 0 spiro atoms. The molecule has 0 saturated carbocycles. The number of ether oxygens (including phenoxy) is 1. The fraction of sp³-hybridized carbons (Fsp3) is 0.593. The topological polar surface area (TPSA) is 67.4 Å². The van der Waals surface area contributed by atoms with Gasteiger partial charge >= 0.3 is 0 Å². The van der Waals surface area contributed by atoms with Gasteiger partial charge in [-0.2, -0.15) is 0 Å². The van der Waals surface area contributed by atoms with E-state index in [-0.39, 0.29) is 41.8 Å². The van der Waals surface area contributed by atoms with E-state index in [0.29, 0.717) is 57.4 Å². The summed E-state index contributed by atoms with van der Waals surface area (Å²) in [5.41, 5.74) is -0.815. The van der Waals surface area contributed by atoms with Crippen molar-refractivity contribution in [3.8, 4) is 0 Å². The fourth-order valence-electron chi connectivity index (χ4n) is 5.71. The van der Waals surface area contributed by atoms with E-state index in [9.17, 15) is 18.0 Å². The highest BCUT2D eigenvalue weighted by Crippen LogP contribution is 2.37. The third-order valence-electron chi connectivity index (χ3n) is 8.16. The van der Waals surface area contributed by atoms with Crippen molar-refractivity contribution in [3.63, 3.8) is 0 Å². The van der Waals surface area contributed by atoms with Gasteiger partial charge in [0.05, 0.1) is 36.6 Å². The Bertz CT molecular complexity index is 1190. The number of carbonyl (C=O) groups excluding carboxylic acids is 1. The van der Waals surface area contributed by atoms with Crippen molar-refractivity contribution in [2.24, 2.45) is 5.92 Å². The van der Waals surface area contributed by atoms with Crippen LogP contribution in [0, 0.1) is 11.7 Å². The Hall–Kier alpha value is -2.30. The molecule has 2 fully saturated rings. The number of hydrogen-bond donors (Lipinski definition) is 1. The molecular weight excluding hydrogens is 524 g/mol. The lowest BCUT2D eigenvalue weighted by Crippen LogP contribution is -2.55. The van der Waals surface area contributed by atoms with Crippen LogP contribution in [0.2, 0.25) is 5.28 Å². The van der Waals surface area contributed by atoms with Gasteiger partial charge in [-0.1, -0.05) is 18.2 Å². The highest BCUT2D eigenvalue weighted by atomic mass is 35.5. The Labute approximate surface area is 224 Å². The van der Waals surface area contributed by atoms with Gasteiger partial charge in [0.15, 0.2) is 11.5 Å². The molecule has 2 aliphatic heterocycles. The van der Waals surface area contributed by atoms with Crippen LogP contribution in [0.1, 0.15) is 67.5 Å². The molecule has 2 atom stereocenters. The highest BCUT2D eigenvalue weighted by Gasteiger charge is 2.43. The van der Waals surface area contributed by atoms with Crippen molar-refractivity contribution in [2.75, 3.05) is 31.6 Å².